The Morgan fingerprint density at radius 1 is 1.18 bits per heavy atom. The molecule has 0 fully saturated rings. The molecule has 28 heavy (non-hydrogen) atoms. The third kappa shape index (κ3) is 4.91. The normalized spacial score (nSPS) is 13.0. The molecule has 0 bridgehead atoms. The molecule has 9 heteroatoms. The second kappa shape index (κ2) is 9.05. The van der Waals surface area contributed by atoms with Gasteiger partial charge >= 0.3 is 5.97 Å². The molecule has 1 amide bonds. The van der Waals surface area contributed by atoms with Crippen molar-refractivity contribution in [2.75, 3.05) is 0 Å². The smallest absolute Gasteiger partial charge is 0.358 e. The maximum atomic E-state index is 12.4. The predicted molar refractivity (Wildman–Crippen MR) is 113 cm³/mol. The van der Waals surface area contributed by atoms with Crippen molar-refractivity contribution in [1.29, 1.82) is 0 Å². The van der Waals surface area contributed by atoms with Gasteiger partial charge in [0.05, 0.1) is 10.9 Å². The van der Waals surface area contributed by atoms with Crippen LogP contribution in [0.25, 0.3) is 9.88 Å². The van der Waals surface area contributed by atoms with E-state index in [9.17, 15) is 9.59 Å². The molecule has 0 radical (unpaired) electrons. The minimum absolute atomic E-state index is 0.182. The molecule has 0 aliphatic heterocycles. The number of aromatic nitrogens is 1. The van der Waals surface area contributed by atoms with Crippen molar-refractivity contribution in [1.82, 2.24) is 10.3 Å². The van der Waals surface area contributed by atoms with Gasteiger partial charge in [0, 0.05) is 15.4 Å². The summed E-state index contributed by atoms with van der Waals surface area (Å²) in [5.74, 6) is -1.07. The van der Waals surface area contributed by atoms with Crippen molar-refractivity contribution in [2.45, 2.75) is 26.0 Å². The number of carbonyl (C=O) groups is 2. The highest BCUT2D eigenvalue weighted by molar-refractivity contribution is 7.20. The van der Waals surface area contributed by atoms with Crippen LogP contribution in [0.5, 0.6) is 0 Å². The van der Waals surface area contributed by atoms with Gasteiger partial charge in [0.25, 0.3) is 5.91 Å². The quantitative estimate of drug-likeness (QED) is 0.492. The average molecular weight is 455 g/mol. The number of thiophene rings is 1. The zero-order chi connectivity index (χ0) is 20.3. The van der Waals surface area contributed by atoms with Gasteiger partial charge in [-0.2, -0.15) is 0 Å². The topological polar surface area (TPSA) is 68.3 Å². The summed E-state index contributed by atoms with van der Waals surface area (Å²) >= 11 is 15.0. The highest BCUT2D eigenvalue weighted by Crippen LogP contribution is 2.28. The number of amides is 1. The standard InChI is InChI=1S/C19H16Cl2N2O3S2/c1-10(13-6-5-12(20)8-14(13)21)22-17(24)11(2)26-19(25)15-9-28-18(23-15)16-4-3-7-27-16/h3-11H,1-2H3,(H,22,24). The number of ether oxygens (including phenoxy) is 1. The Labute approximate surface area is 180 Å². The SMILES string of the molecule is CC(OC(=O)c1csc(-c2cccs2)n1)C(=O)NC(C)c1ccc(Cl)cc1Cl. The Morgan fingerprint density at radius 3 is 2.64 bits per heavy atom. The van der Waals surface area contributed by atoms with Gasteiger partial charge in [0.15, 0.2) is 11.8 Å². The average Bonchev–Trinajstić information content (AvgIpc) is 3.32. The maximum Gasteiger partial charge on any atom is 0.358 e. The summed E-state index contributed by atoms with van der Waals surface area (Å²) in [5, 5.41) is 8.05. The van der Waals surface area contributed by atoms with Crippen LogP contribution >= 0.6 is 45.9 Å². The van der Waals surface area contributed by atoms with Crippen molar-refractivity contribution in [2.24, 2.45) is 0 Å². The number of hydrogen-bond acceptors (Lipinski definition) is 6. The van der Waals surface area contributed by atoms with Crippen LogP contribution in [0.2, 0.25) is 10.0 Å². The molecule has 2 atom stereocenters. The molecule has 3 rings (SSSR count). The minimum atomic E-state index is -0.979. The van der Waals surface area contributed by atoms with E-state index in [-0.39, 0.29) is 11.7 Å². The number of hydrogen-bond donors (Lipinski definition) is 1. The van der Waals surface area contributed by atoms with Crippen LogP contribution in [0.1, 0.15) is 35.9 Å². The van der Waals surface area contributed by atoms with Gasteiger partial charge in [-0.05, 0) is 43.0 Å². The molecule has 3 aromatic rings. The van der Waals surface area contributed by atoms with Crippen molar-refractivity contribution in [3.8, 4) is 9.88 Å². The lowest BCUT2D eigenvalue weighted by atomic mass is 10.1. The molecule has 0 saturated heterocycles. The van der Waals surface area contributed by atoms with Crippen molar-refractivity contribution < 1.29 is 14.3 Å². The number of esters is 1. The number of benzene rings is 1. The zero-order valence-electron chi connectivity index (χ0n) is 14.9. The summed E-state index contributed by atoms with van der Waals surface area (Å²) in [6.07, 6.45) is -0.979. The van der Waals surface area contributed by atoms with E-state index in [1.54, 1.807) is 30.5 Å². The van der Waals surface area contributed by atoms with E-state index in [1.807, 2.05) is 17.5 Å². The Balaban J connectivity index is 1.60. The summed E-state index contributed by atoms with van der Waals surface area (Å²) in [5.41, 5.74) is 0.903. The molecule has 0 saturated carbocycles. The molecule has 1 aromatic carbocycles. The van der Waals surface area contributed by atoms with E-state index in [2.05, 4.69) is 10.3 Å². The van der Waals surface area contributed by atoms with E-state index in [4.69, 9.17) is 27.9 Å². The lowest BCUT2D eigenvalue weighted by Gasteiger charge is -2.19. The van der Waals surface area contributed by atoms with Gasteiger partial charge in [0.2, 0.25) is 0 Å². The second-order valence-corrected chi connectivity index (χ2v) is 8.61. The van der Waals surface area contributed by atoms with E-state index in [1.165, 1.54) is 29.6 Å². The minimum Gasteiger partial charge on any atom is -0.448 e. The van der Waals surface area contributed by atoms with Crippen LogP contribution < -0.4 is 5.32 Å². The molecule has 0 spiro atoms. The third-order valence-corrected chi connectivity index (χ3v) is 6.33. The number of halogens is 2. The van der Waals surface area contributed by atoms with Gasteiger partial charge in [-0.15, -0.1) is 22.7 Å². The summed E-state index contributed by atoms with van der Waals surface area (Å²) in [6, 6.07) is 8.52. The highest BCUT2D eigenvalue weighted by atomic mass is 35.5. The number of nitrogens with zero attached hydrogens (tertiary/aromatic N) is 1. The molecule has 0 aliphatic carbocycles. The number of thiazole rings is 1. The molecule has 0 aliphatic rings. The largest absolute Gasteiger partial charge is 0.448 e. The molecule has 2 unspecified atom stereocenters. The van der Waals surface area contributed by atoms with E-state index < -0.39 is 18.0 Å². The van der Waals surface area contributed by atoms with E-state index >= 15 is 0 Å². The lowest BCUT2D eigenvalue weighted by molar-refractivity contribution is -0.129. The summed E-state index contributed by atoms with van der Waals surface area (Å²) in [6.45, 7) is 3.30. The number of nitrogens with one attached hydrogen (secondary N) is 1. The van der Waals surface area contributed by atoms with Crippen LogP contribution in [0, 0.1) is 0 Å². The van der Waals surface area contributed by atoms with Gasteiger partial charge in [0.1, 0.15) is 5.01 Å². The van der Waals surface area contributed by atoms with Crippen molar-refractivity contribution in [3.05, 3.63) is 62.4 Å². The van der Waals surface area contributed by atoms with Crippen LogP contribution in [-0.4, -0.2) is 23.0 Å². The zero-order valence-corrected chi connectivity index (χ0v) is 18.1. The molecule has 2 heterocycles. The fourth-order valence-corrected chi connectivity index (χ4v) is 4.59. The first-order valence-corrected chi connectivity index (χ1v) is 10.8. The van der Waals surface area contributed by atoms with Crippen molar-refractivity contribution in [3.63, 3.8) is 0 Å². The van der Waals surface area contributed by atoms with Gasteiger partial charge < -0.3 is 10.1 Å². The molecular weight excluding hydrogens is 439 g/mol. The first kappa shape index (κ1) is 20.8. The molecular formula is C19H16Cl2N2O3S2. The number of rotatable bonds is 6. The van der Waals surface area contributed by atoms with Crippen LogP contribution in [-0.2, 0) is 9.53 Å². The Hall–Kier alpha value is -1.93. The van der Waals surface area contributed by atoms with Gasteiger partial charge in [-0.25, -0.2) is 9.78 Å². The summed E-state index contributed by atoms with van der Waals surface area (Å²) in [4.78, 5) is 30.0. The van der Waals surface area contributed by atoms with Crippen LogP contribution in [0.15, 0.2) is 41.1 Å². The summed E-state index contributed by atoms with van der Waals surface area (Å²) in [7, 11) is 0. The van der Waals surface area contributed by atoms with Crippen LogP contribution in [0.4, 0.5) is 0 Å². The monoisotopic (exact) mass is 454 g/mol. The molecule has 1 N–H and O–H groups in total. The molecule has 146 valence electrons. The predicted octanol–water partition coefficient (Wildman–Crippen LogP) is 5.60. The van der Waals surface area contributed by atoms with Gasteiger partial charge in [-0.3, -0.25) is 4.79 Å². The fourth-order valence-electron chi connectivity index (χ4n) is 2.42. The van der Waals surface area contributed by atoms with Crippen molar-refractivity contribution >= 4 is 57.8 Å². The lowest BCUT2D eigenvalue weighted by Crippen LogP contribution is -2.37. The summed E-state index contributed by atoms with van der Waals surface area (Å²) < 4.78 is 5.26. The fraction of sp³-hybridized carbons (Fsp3) is 0.211. The first-order valence-electron chi connectivity index (χ1n) is 8.31. The second-order valence-electron chi connectivity index (χ2n) is 5.96. The molecule has 5 nitrogen and oxygen atoms in total. The van der Waals surface area contributed by atoms with Gasteiger partial charge in [-0.1, -0.05) is 35.3 Å². The van der Waals surface area contributed by atoms with E-state index in [0.717, 1.165) is 15.4 Å². The Kier molecular flexibility index (Phi) is 6.72. The molecule has 2 aromatic heterocycles. The first-order chi connectivity index (χ1) is 13.3. The third-order valence-electron chi connectivity index (χ3n) is 3.89. The van der Waals surface area contributed by atoms with Crippen LogP contribution in [0.3, 0.4) is 0 Å². The number of carbonyl (C=O) groups excluding carboxylic acids is 2. The van der Waals surface area contributed by atoms with E-state index in [0.29, 0.717) is 10.0 Å². The Morgan fingerprint density at radius 2 is 1.96 bits per heavy atom. The maximum absolute atomic E-state index is 12.4. The highest BCUT2D eigenvalue weighted by Gasteiger charge is 2.23. The Bertz CT molecular complexity index is 989.